The summed E-state index contributed by atoms with van der Waals surface area (Å²) in [5, 5.41) is 0. The van der Waals surface area contributed by atoms with E-state index in [2.05, 4.69) is 13.8 Å². The van der Waals surface area contributed by atoms with Crippen molar-refractivity contribution in [3.63, 3.8) is 0 Å². The molecule has 0 spiro atoms. The van der Waals surface area contributed by atoms with Gasteiger partial charge in [-0.2, -0.15) is 14.8 Å². The standard InChI is InChI=1S/C4H9.Li.O2S/c1-3-4-2;;1-3-2/h1,3-4H2,2H3;;/q-1;+1;. The minimum Gasteiger partial charge on any atom is -0.343 e. The quantitative estimate of drug-likeness (QED) is 0.301. The molecule has 4 heteroatoms. The van der Waals surface area contributed by atoms with Crippen LogP contribution in [0.15, 0.2) is 0 Å². The van der Waals surface area contributed by atoms with Crippen LogP contribution < -0.4 is 18.9 Å². The Labute approximate surface area is 65.8 Å². The van der Waals surface area contributed by atoms with E-state index in [0.717, 1.165) is 6.42 Å². The van der Waals surface area contributed by atoms with Gasteiger partial charge in [-0.15, -0.1) is 0 Å². The Morgan fingerprint density at radius 2 is 1.62 bits per heavy atom. The molecule has 0 aliphatic carbocycles. The summed E-state index contributed by atoms with van der Waals surface area (Å²) in [6, 6.07) is 0. The van der Waals surface area contributed by atoms with Gasteiger partial charge in [-0.25, -0.2) is 0 Å². The van der Waals surface area contributed by atoms with Crippen molar-refractivity contribution < 1.29 is 27.3 Å². The third kappa shape index (κ3) is 93.7. The fourth-order valence-corrected chi connectivity index (χ4v) is 0. The molecule has 8 heavy (non-hydrogen) atoms. The number of hydrogen-bond donors (Lipinski definition) is 0. The molecule has 0 amide bonds. The molecule has 0 heterocycles. The van der Waals surface area contributed by atoms with Gasteiger partial charge in [0.25, 0.3) is 0 Å². The van der Waals surface area contributed by atoms with Crippen LogP contribution >= 0.6 is 0 Å². The number of rotatable bonds is 1. The molecule has 0 aliphatic rings. The number of unbranched alkanes of at least 4 members (excludes halogenated alkanes) is 1. The van der Waals surface area contributed by atoms with E-state index < -0.39 is 11.6 Å². The van der Waals surface area contributed by atoms with Crippen LogP contribution in [0.25, 0.3) is 0 Å². The van der Waals surface area contributed by atoms with Gasteiger partial charge < -0.3 is 6.92 Å². The van der Waals surface area contributed by atoms with Crippen LogP contribution in [0.5, 0.6) is 0 Å². The molecule has 0 aromatic heterocycles. The zero-order chi connectivity index (χ0) is 6.12. The Morgan fingerprint density at radius 3 is 1.62 bits per heavy atom. The maximum atomic E-state index is 8.29. The molecule has 0 bridgehead atoms. The predicted molar refractivity (Wildman–Crippen MR) is 29.2 cm³/mol. The Hall–Kier alpha value is 0.417. The van der Waals surface area contributed by atoms with Crippen molar-refractivity contribution >= 4 is 11.6 Å². The number of hydrogen-bond acceptors (Lipinski definition) is 2. The van der Waals surface area contributed by atoms with Crippen LogP contribution in [0.1, 0.15) is 19.8 Å². The second-order valence-electron chi connectivity index (χ2n) is 0.922. The molecule has 44 valence electrons. The van der Waals surface area contributed by atoms with Gasteiger partial charge in [-0.1, -0.05) is 13.3 Å². The summed E-state index contributed by atoms with van der Waals surface area (Å²) in [4.78, 5) is 0. The molecule has 0 rings (SSSR count). The molecule has 0 aliphatic heterocycles. The van der Waals surface area contributed by atoms with E-state index in [4.69, 9.17) is 8.42 Å². The van der Waals surface area contributed by atoms with Gasteiger partial charge in [-0.3, -0.25) is 0 Å². The summed E-state index contributed by atoms with van der Waals surface area (Å²) in [6.07, 6.45) is 2.28. The van der Waals surface area contributed by atoms with Crippen LogP contribution in [-0.2, 0) is 11.6 Å². The van der Waals surface area contributed by atoms with Crippen molar-refractivity contribution in [1.82, 2.24) is 0 Å². The third-order valence-electron chi connectivity index (χ3n) is 0.354. The van der Waals surface area contributed by atoms with E-state index in [9.17, 15) is 0 Å². The van der Waals surface area contributed by atoms with E-state index in [-0.39, 0.29) is 18.9 Å². The predicted octanol–water partition coefficient (Wildman–Crippen LogP) is -2.05. The summed E-state index contributed by atoms with van der Waals surface area (Å²) in [5.41, 5.74) is 0. The van der Waals surface area contributed by atoms with Crippen molar-refractivity contribution in [3.05, 3.63) is 6.92 Å². The zero-order valence-electron chi connectivity index (χ0n) is 5.35. The molecule has 0 radical (unpaired) electrons. The summed E-state index contributed by atoms with van der Waals surface area (Å²) in [5.74, 6) is 0. The first kappa shape index (κ1) is 15.8. The molecule has 0 atom stereocenters. The van der Waals surface area contributed by atoms with Crippen molar-refractivity contribution in [2.24, 2.45) is 0 Å². The van der Waals surface area contributed by atoms with Crippen molar-refractivity contribution in [2.75, 3.05) is 0 Å². The Morgan fingerprint density at radius 1 is 1.50 bits per heavy atom. The average molecular weight is 128 g/mol. The first-order valence-electron chi connectivity index (χ1n) is 2.04. The van der Waals surface area contributed by atoms with E-state index in [1.807, 2.05) is 0 Å². The largest absolute Gasteiger partial charge is 1.00 e. The molecule has 0 aromatic carbocycles. The van der Waals surface area contributed by atoms with Crippen molar-refractivity contribution in [1.29, 1.82) is 0 Å². The van der Waals surface area contributed by atoms with Crippen LogP contribution in [0.4, 0.5) is 0 Å². The van der Waals surface area contributed by atoms with Gasteiger partial charge in [0, 0.05) is 0 Å². The minimum atomic E-state index is -0.750. The van der Waals surface area contributed by atoms with Gasteiger partial charge in [0.05, 0.1) is 0 Å². The minimum absolute atomic E-state index is 0. The summed E-state index contributed by atoms with van der Waals surface area (Å²) >= 11 is -0.750. The first-order chi connectivity index (χ1) is 3.33. The molecular formula is C4H9LiO2S. The smallest absolute Gasteiger partial charge is 0.343 e. The van der Waals surface area contributed by atoms with Gasteiger partial charge in [-0.05, 0) is 0 Å². The molecule has 0 fully saturated rings. The van der Waals surface area contributed by atoms with E-state index in [0.29, 0.717) is 0 Å². The molecule has 0 unspecified atom stereocenters. The van der Waals surface area contributed by atoms with Crippen LogP contribution in [-0.4, -0.2) is 8.42 Å². The van der Waals surface area contributed by atoms with Crippen LogP contribution in [0.2, 0.25) is 0 Å². The zero-order valence-corrected chi connectivity index (χ0v) is 6.16. The van der Waals surface area contributed by atoms with Gasteiger partial charge in [0.15, 0.2) is 0 Å². The normalized spacial score (nSPS) is 5.25. The van der Waals surface area contributed by atoms with E-state index in [1.54, 1.807) is 0 Å². The van der Waals surface area contributed by atoms with Crippen molar-refractivity contribution in [3.8, 4) is 0 Å². The monoisotopic (exact) mass is 128 g/mol. The van der Waals surface area contributed by atoms with E-state index in [1.165, 1.54) is 6.42 Å². The van der Waals surface area contributed by atoms with Crippen LogP contribution in [0.3, 0.4) is 0 Å². The fourth-order valence-electron chi connectivity index (χ4n) is 0. The molecule has 2 nitrogen and oxygen atoms in total. The molecule has 0 N–H and O–H groups in total. The average Bonchev–Trinajstić information content (AvgIpc) is 1.69. The summed E-state index contributed by atoms with van der Waals surface area (Å²) < 4.78 is 16.6. The SMILES string of the molecule is O=S=O.[CH2-]CCC.[Li+]. The molecule has 0 saturated heterocycles. The Kier molecular flexibility index (Phi) is 51.6. The Bertz CT molecular complexity index is 50.0. The summed E-state index contributed by atoms with van der Waals surface area (Å²) in [6.45, 7) is 5.72. The topological polar surface area (TPSA) is 34.1 Å². The third-order valence-corrected chi connectivity index (χ3v) is 0.354. The second-order valence-corrected chi connectivity index (χ2v) is 1.06. The fraction of sp³-hybridized carbons (Fsp3) is 0.750. The first-order valence-corrected chi connectivity index (χ1v) is 2.71. The van der Waals surface area contributed by atoms with Gasteiger partial charge >= 0.3 is 30.4 Å². The molecule has 0 saturated carbocycles. The Balaban J connectivity index is -0.0000000575. The summed E-state index contributed by atoms with van der Waals surface area (Å²) in [7, 11) is 0. The van der Waals surface area contributed by atoms with Crippen molar-refractivity contribution in [2.45, 2.75) is 19.8 Å². The molecule has 0 aromatic rings. The maximum Gasteiger partial charge on any atom is 1.00 e. The van der Waals surface area contributed by atoms with E-state index >= 15 is 0 Å². The van der Waals surface area contributed by atoms with Gasteiger partial charge in [0.1, 0.15) is 0 Å². The molecular weight excluding hydrogens is 119 g/mol. The van der Waals surface area contributed by atoms with Crippen LogP contribution in [0, 0.1) is 6.92 Å². The maximum absolute atomic E-state index is 8.29. The second kappa shape index (κ2) is 26.2. The van der Waals surface area contributed by atoms with Gasteiger partial charge in [0.2, 0.25) is 0 Å².